The molecule has 3 heterocycles. The van der Waals surface area contributed by atoms with Crippen LogP contribution in [0.5, 0.6) is 0 Å². The molecule has 5 aromatic rings. The predicted molar refractivity (Wildman–Crippen MR) is 120 cm³/mol. The SMILES string of the molecule is Cc1ccc(N(Cc2ccco2)Cc2nnc(-c3c(-c4ccccc4)noc3C)o2)cc1. The van der Waals surface area contributed by atoms with Gasteiger partial charge in [0, 0.05) is 11.3 Å². The van der Waals surface area contributed by atoms with E-state index in [4.69, 9.17) is 13.4 Å². The quantitative estimate of drug-likeness (QED) is 0.325. The molecular weight excluding hydrogens is 404 g/mol. The number of hydrogen-bond acceptors (Lipinski definition) is 7. The van der Waals surface area contributed by atoms with Crippen LogP contribution in [0.2, 0.25) is 0 Å². The van der Waals surface area contributed by atoms with E-state index in [1.54, 1.807) is 6.26 Å². The average Bonchev–Trinajstić information content (AvgIpc) is 3.56. The molecule has 0 amide bonds. The van der Waals surface area contributed by atoms with Gasteiger partial charge in [-0.25, -0.2) is 0 Å². The second kappa shape index (κ2) is 8.55. The van der Waals surface area contributed by atoms with Crippen molar-refractivity contribution in [3.63, 3.8) is 0 Å². The molecule has 0 bridgehead atoms. The largest absolute Gasteiger partial charge is 0.467 e. The second-order valence-corrected chi connectivity index (χ2v) is 7.60. The van der Waals surface area contributed by atoms with E-state index in [0.29, 0.717) is 41.9 Å². The Bertz CT molecular complexity index is 1290. The maximum atomic E-state index is 6.07. The van der Waals surface area contributed by atoms with Crippen molar-refractivity contribution in [1.29, 1.82) is 0 Å². The highest BCUT2D eigenvalue weighted by molar-refractivity contribution is 5.77. The number of nitrogens with zero attached hydrogens (tertiary/aromatic N) is 4. The third-order valence-electron chi connectivity index (χ3n) is 5.24. The minimum Gasteiger partial charge on any atom is -0.467 e. The van der Waals surface area contributed by atoms with Gasteiger partial charge in [0.05, 0.1) is 19.4 Å². The summed E-state index contributed by atoms with van der Waals surface area (Å²) in [6, 6.07) is 22.0. The number of anilines is 1. The van der Waals surface area contributed by atoms with E-state index in [2.05, 4.69) is 51.4 Å². The van der Waals surface area contributed by atoms with Crippen molar-refractivity contribution in [3.8, 4) is 22.7 Å². The molecule has 0 N–H and O–H groups in total. The maximum Gasteiger partial charge on any atom is 0.253 e. The Morgan fingerprint density at radius 3 is 2.41 bits per heavy atom. The topological polar surface area (TPSA) is 81.3 Å². The van der Waals surface area contributed by atoms with Gasteiger partial charge in [0.15, 0.2) is 0 Å². The summed E-state index contributed by atoms with van der Waals surface area (Å²) in [5.41, 5.74) is 4.56. The zero-order valence-corrected chi connectivity index (χ0v) is 17.9. The van der Waals surface area contributed by atoms with Gasteiger partial charge in [-0.3, -0.25) is 0 Å². The molecule has 0 radical (unpaired) electrons. The summed E-state index contributed by atoms with van der Waals surface area (Å²) in [5.74, 6) is 2.36. The lowest BCUT2D eigenvalue weighted by molar-refractivity contribution is 0.399. The van der Waals surface area contributed by atoms with Crippen LogP contribution in [0.4, 0.5) is 5.69 Å². The van der Waals surface area contributed by atoms with Gasteiger partial charge in [-0.2, -0.15) is 0 Å². The summed E-state index contributed by atoms with van der Waals surface area (Å²) in [6.45, 7) is 4.92. The smallest absolute Gasteiger partial charge is 0.253 e. The minimum absolute atomic E-state index is 0.388. The molecule has 0 aliphatic heterocycles. The summed E-state index contributed by atoms with van der Waals surface area (Å²) in [4.78, 5) is 2.13. The van der Waals surface area contributed by atoms with Crippen molar-refractivity contribution in [2.75, 3.05) is 4.90 Å². The number of rotatable bonds is 7. The lowest BCUT2D eigenvalue weighted by atomic mass is 10.1. The molecule has 0 saturated carbocycles. The lowest BCUT2D eigenvalue weighted by Crippen LogP contribution is -2.22. The molecule has 5 rings (SSSR count). The molecule has 0 fully saturated rings. The summed E-state index contributed by atoms with van der Waals surface area (Å²) in [6.07, 6.45) is 1.67. The molecule has 0 aliphatic rings. The monoisotopic (exact) mass is 426 g/mol. The van der Waals surface area contributed by atoms with Crippen LogP contribution in [0.25, 0.3) is 22.7 Å². The van der Waals surface area contributed by atoms with E-state index < -0.39 is 0 Å². The van der Waals surface area contributed by atoms with Crippen molar-refractivity contribution in [1.82, 2.24) is 15.4 Å². The van der Waals surface area contributed by atoms with Gasteiger partial charge in [0.1, 0.15) is 22.8 Å². The van der Waals surface area contributed by atoms with Crippen LogP contribution in [-0.2, 0) is 13.1 Å². The van der Waals surface area contributed by atoms with Crippen molar-refractivity contribution in [2.24, 2.45) is 0 Å². The molecule has 3 aromatic heterocycles. The van der Waals surface area contributed by atoms with E-state index in [9.17, 15) is 0 Å². The summed E-state index contributed by atoms with van der Waals surface area (Å²) >= 11 is 0. The molecule has 32 heavy (non-hydrogen) atoms. The highest BCUT2D eigenvalue weighted by Crippen LogP contribution is 2.33. The lowest BCUT2D eigenvalue weighted by Gasteiger charge is -2.22. The van der Waals surface area contributed by atoms with Gasteiger partial charge in [-0.05, 0) is 38.1 Å². The molecule has 160 valence electrons. The highest BCUT2D eigenvalue weighted by atomic mass is 16.5. The molecule has 0 aliphatic carbocycles. The van der Waals surface area contributed by atoms with Crippen LogP contribution in [0.1, 0.15) is 23.0 Å². The first-order valence-electron chi connectivity index (χ1n) is 10.4. The molecule has 0 spiro atoms. The van der Waals surface area contributed by atoms with Crippen molar-refractivity contribution >= 4 is 5.69 Å². The van der Waals surface area contributed by atoms with Gasteiger partial charge in [0.25, 0.3) is 5.89 Å². The summed E-state index contributed by atoms with van der Waals surface area (Å²) in [7, 11) is 0. The number of aromatic nitrogens is 3. The third kappa shape index (κ3) is 4.05. The average molecular weight is 426 g/mol. The molecular formula is C25H22N4O3. The molecule has 7 nitrogen and oxygen atoms in total. The van der Waals surface area contributed by atoms with Crippen LogP contribution in [0.3, 0.4) is 0 Å². The van der Waals surface area contributed by atoms with Gasteiger partial charge >= 0.3 is 0 Å². The number of aryl methyl sites for hydroxylation is 2. The fraction of sp³-hybridized carbons (Fsp3) is 0.160. The predicted octanol–water partition coefficient (Wildman–Crippen LogP) is 5.81. The number of hydrogen-bond donors (Lipinski definition) is 0. The van der Waals surface area contributed by atoms with E-state index in [1.165, 1.54) is 5.56 Å². The van der Waals surface area contributed by atoms with Crippen LogP contribution in [0.15, 0.2) is 86.4 Å². The Kier molecular flexibility index (Phi) is 5.29. The van der Waals surface area contributed by atoms with Gasteiger partial charge < -0.3 is 18.3 Å². The van der Waals surface area contributed by atoms with Crippen molar-refractivity contribution in [2.45, 2.75) is 26.9 Å². The zero-order chi connectivity index (χ0) is 21.9. The van der Waals surface area contributed by atoms with E-state index in [1.807, 2.05) is 49.4 Å². The van der Waals surface area contributed by atoms with Crippen LogP contribution >= 0.6 is 0 Å². The molecule has 0 saturated heterocycles. The molecule has 0 atom stereocenters. The van der Waals surface area contributed by atoms with Crippen molar-refractivity contribution in [3.05, 3.63) is 96.0 Å². The minimum atomic E-state index is 0.388. The molecule has 7 heteroatoms. The summed E-state index contributed by atoms with van der Waals surface area (Å²) in [5, 5.41) is 12.8. The van der Waals surface area contributed by atoms with Crippen LogP contribution in [0, 0.1) is 13.8 Å². The van der Waals surface area contributed by atoms with Crippen LogP contribution < -0.4 is 4.90 Å². The van der Waals surface area contributed by atoms with Gasteiger partial charge in [0.2, 0.25) is 5.89 Å². The first-order chi connectivity index (χ1) is 15.7. The Balaban J connectivity index is 1.45. The van der Waals surface area contributed by atoms with Crippen molar-refractivity contribution < 1.29 is 13.4 Å². The van der Waals surface area contributed by atoms with E-state index >= 15 is 0 Å². The third-order valence-corrected chi connectivity index (χ3v) is 5.24. The fourth-order valence-corrected chi connectivity index (χ4v) is 3.58. The number of furan rings is 1. The second-order valence-electron chi connectivity index (χ2n) is 7.60. The number of benzene rings is 2. The van der Waals surface area contributed by atoms with Crippen LogP contribution in [-0.4, -0.2) is 15.4 Å². The Hall–Kier alpha value is -4.13. The fourth-order valence-electron chi connectivity index (χ4n) is 3.58. The standard InChI is InChI=1S/C25H22N4O3/c1-17-10-12-20(13-11-17)29(15-21-9-6-14-30-21)16-22-26-27-25(31-22)23-18(2)32-28-24(23)19-7-4-3-5-8-19/h3-14H,15-16H2,1-2H3. The molecule has 0 unspecified atom stereocenters. The van der Waals surface area contributed by atoms with E-state index in [-0.39, 0.29) is 0 Å². The van der Waals surface area contributed by atoms with E-state index in [0.717, 1.165) is 17.0 Å². The normalized spacial score (nSPS) is 11.1. The Morgan fingerprint density at radius 1 is 0.844 bits per heavy atom. The molecule has 2 aromatic carbocycles. The highest BCUT2D eigenvalue weighted by Gasteiger charge is 2.23. The zero-order valence-electron chi connectivity index (χ0n) is 17.9. The van der Waals surface area contributed by atoms with Gasteiger partial charge in [-0.1, -0.05) is 53.2 Å². The Morgan fingerprint density at radius 2 is 1.66 bits per heavy atom. The first-order valence-corrected chi connectivity index (χ1v) is 10.4. The van der Waals surface area contributed by atoms with Gasteiger partial charge in [-0.15, -0.1) is 10.2 Å². The summed E-state index contributed by atoms with van der Waals surface area (Å²) < 4.78 is 17.1. The Labute approximate surface area is 185 Å². The first kappa shape index (κ1) is 19.8. The maximum absolute atomic E-state index is 6.07.